The molecule has 0 saturated carbocycles. The maximum absolute atomic E-state index is 4.59. The van der Waals surface area contributed by atoms with Crippen LogP contribution >= 0.6 is 0 Å². The first kappa shape index (κ1) is 12.0. The minimum atomic E-state index is 0.525. The number of nitrogens with one attached hydrogen (secondary N) is 2. The molecule has 19 heavy (non-hydrogen) atoms. The monoisotopic (exact) mass is 256 g/mol. The Morgan fingerprint density at radius 1 is 1.16 bits per heavy atom. The van der Waals surface area contributed by atoms with E-state index in [0.717, 1.165) is 37.3 Å². The van der Waals surface area contributed by atoms with Crippen LogP contribution in [0.15, 0.2) is 31.0 Å². The second kappa shape index (κ2) is 5.71. The molecule has 3 rings (SSSR count). The SMILES string of the molecule is c1ncc(Nc2nccc(C3CCNCC3)n2)cn1. The van der Waals surface area contributed by atoms with E-state index in [2.05, 4.69) is 30.6 Å². The summed E-state index contributed by atoms with van der Waals surface area (Å²) in [7, 11) is 0. The molecule has 0 atom stereocenters. The van der Waals surface area contributed by atoms with Gasteiger partial charge in [0, 0.05) is 17.8 Å². The molecule has 0 aromatic carbocycles. The molecule has 0 spiro atoms. The van der Waals surface area contributed by atoms with E-state index in [9.17, 15) is 0 Å². The van der Waals surface area contributed by atoms with Gasteiger partial charge >= 0.3 is 0 Å². The highest BCUT2D eigenvalue weighted by atomic mass is 15.1. The molecule has 6 nitrogen and oxygen atoms in total. The van der Waals surface area contributed by atoms with Crippen molar-refractivity contribution in [3.63, 3.8) is 0 Å². The highest BCUT2D eigenvalue weighted by Gasteiger charge is 2.16. The Bertz CT molecular complexity index is 524. The van der Waals surface area contributed by atoms with Crippen LogP contribution in [0.5, 0.6) is 0 Å². The third-order valence-corrected chi connectivity index (χ3v) is 3.25. The average molecular weight is 256 g/mol. The predicted molar refractivity (Wildman–Crippen MR) is 72.2 cm³/mol. The molecule has 3 heterocycles. The van der Waals surface area contributed by atoms with Crippen molar-refractivity contribution in [2.24, 2.45) is 0 Å². The van der Waals surface area contributed by atoms with Crippen molar-refractivity contribution < 1.29 is 0 Å². The molecule has 1 saturated heterocycles. The lowest BCUT2D eigenvalue weighted by molar-refractivity contribution is 0.453. The van der Waals surface area contributed by atoms with Crippen molar-refractivity contribution in [1.29, 1.82) is 0 Å². The van der Waals surface area contributed by atoms with Crippen LogP contribution in [0.2, 0.25) is 0 Å². The van der Waals surface area contributed by atoms with E-state index in [1.807, 2.05) is 6.07 Å². The first-order valence-corrected chi connectivity index (χ1v) is 6.47. The largest absolute Gasteiger partial charge is 0.322 e. The number of aromatic nitrogens is 4. The molecule has 1 aliphatic rings. The molecule has 6 heteroatoms. The number of nitrogens with zero attached hydrogens (tertiary/aromatic N) is 4. The zero-order valence-electron chi connectivity index (χ0n) is 10.6. The highest BCUT2D eigenvalue weighted by Crippen LogP contribution is 2.24. The van der Waals surface area contributed by atoms with E-state index in [0.29, 0.717) is 11.9 Å². The van der Waals surface area contributed by atoms with Gasteiger partial charge in [-0.2, -0.15) is 0 Å². The molecule has 2 aromatic heterocycles. The third kappa shape index (κ3) is 3.03. The molecule has 0 amide bonds. The molecule has 98 valence electrons. The maximum Gasteiger partial charge on any atom is 0.227 e. The number of piperidine rings is 1. The van der Waals surface area contributed by atoms with Crippen molar-refractivity contribution in [2.75, 3.05) is 18.4 Å². The molecule has 1 aliphatic heterocycles. The van der Waals surface area contributed by atoms with Gasteiger partial charge in [0.2, 0.25) is 5.95 Å². The zero-order chi connectivity index (χ0) is 12.9. The fourth-order valence-electron chi connectivity index (χ4n) is 2.27. The lowest BCUT2D eigenvalue weighted by Crippen LogP contribution is -2.27. The van der Waals surface area contributed by atoms with Crippen molar-refractivity contribution in [1.82, 2.24) is 25.3 Å². The fourth-order valence-corrected chi connectivity index (χ4v) is 2.27. The van der Waals surface area contributed by atoms with Crippen LogP contribution in [0.1, 0.15) is 24.5 Å². The first-order chi connectivity index (χ1) is 9.42. The maximum atomic E-state index is 4.59. The Morgan fingerprint density at radius 3 is 2.74 bits per heavy atom. The third-order valence-electron chi connectivity index (χ3n) is 3.25. The van der Waals surface area contributed by atoms with Crippen molar-refractivity contribution in [3.8, 4) is 0 Å². The van der Waals surface area contributed by atoms with Gasteiger partial charge in [-0.05, 0) is 32.0 Å². The predicted octanol–water partition coefficient (Wildman–Crippen LogP) is 1.48. The van der Waals surface area contributed by atoms with Gasteiger partial charge in [0.1, 0.15) is 6.33 Å². The van der Waals surface area contributed by atoms with E-state index < -0.39 is 0 Å². The number of rotatable bonds is 3. The van der Waals surface area contributed by atoms with Gasteiger partial charge < -0.3 is 10.6 Å². The van der Waals surface area contributed by atoms with Crippen LogP contribution in [0, 0.1) is 0 Å². The van der Waals surface area contributed by atoms with Crippen LogP contribution in [-0.4, -0.2) is 33.0 Å². The van der Waals surface area contributed by atoms with E-state index >= 15 is 0 Å². The smallest absolute Gasteiger partial charge is 0.227 e. The van der Waals surface area contributed by atoms with Crippen molar-refractivity contribution in [2.45, 2.75) is 18.8 Å². The molecule has 1 fully saturated rings. The lowest BCUT2D eigenvalue weighted by Gasteiger charge is -2.22. The summed E-state index contributed by atoms with van der Waals surface area (Å²) in [6.07, 6.45) is 8.96. The van der Waals surface area contributed by atoms with Crippen LogP contribution in [0.3, 0.4) is 0 Å². The molecular formula is C13H16N6. The van der Waals surface area contributed by atoms with E-state index in [-0.39, 0.29) is 0 Å². The van der Waals surface area contributed by atoms with Crippen molar-refractivity contribution in [3.05, 3.63) is 36.7 Å². The van der Waals surface area contributed by atoms with Gasteiger partial charge in [-0.25, -0.2) is 19.9 Å². The van der Waals surface area contributed by atoms with Crippen LogP contribution in [0.4, 0.5) is 11.6 Å². The van der Waals surface area contributed by atoms with Gasteiger partial charge in [0.25, 0.3) is 0 Å². The Morgan fingerprint density at radius 2 is 1.95 bits per heavy atom. The average Bonchev–Trinajstić information content (AvgIpc) is 2.49. The molecule has 0 unspecified atom stereocenters. The Balaban J connectivity index is 1.76. The van der Waals surface area contributed by atoms with Gasteiger partial charge in [0.15, 0.2) is 0 Å². The second-order valence-corrected chi connectivity index (χ2v) is 4.58. The highest BCUT2D eigenvalue weighted by molar-refractivity contribution is 5.49. The number of hydrogen-bond donors (Lipinski definition) is 2. The molecule has 0 aliphatic carbocycles. The van der Waals surface area contributed by atoms with Gasteiger partial charge in [-0.15, -0.1) is 0 Å². The molecule has 2 aromatic rings. The summed E-state index contributed by atoms with van der Waals surface area (Å²) in [5.74, 6) is 1.13. The minimum absolute atomic E-state index is 0.525. The Labute approximate surface area is 111 Å². The van der Waals surface area contributed by atoms with Gasteiger partial charge in [0.05, 0.1) is 18.1 Å². The van der Waals surface area contributed by atoms with Gasteiger partial charge in [-0.1, -0.05) is 0 Å². The van der Waals surface area contributed by atoms with E-state index in [1.54, 1.807) is 18.6 Å². The Kier molecular flexibility index (Phi) is 3.60. The number of anilines is 2. The first-order valence-electron chi connectivity index (χ1n) is 6.47. The van der Waals surface area contributed by atoms with E-state index in [1.165, 1.54) is 6.33 Å². The van der Waals surface area contributed by atoms with Gasteiger partial charge in [-0.3, -0.25) is 0 Å². The lowest BCUT2D eigenvalue weighted by atomic mass is 9.94. The fraction of sp³-hybridized carbons (Fsp3) is 0.385. The Hall–Kier alpha value is -2.08. The summed E-state index contributed by atoms with van der Waals surface area (Å²) < 4.78 is 0. The summed E-state index contributed by atoms with van der Waals surface area (Å²) in [6.45, 7) is 2.12. The summed E-state index contributed by atoms with van der Waals surface area (Å²) in [6, 6.07) is 2.00. The number of hydrogen-bond acceptors (Lipinski definition) is 6. The minimum Gasteiger partial charge on any atom is -0.322 e. The summed E-state index contributed by atoms with van der Waals surface area (Å²) in [4.78, 5) is 16.7. The summed E-state index contributed by atoms with van der Waals surface area (Å²) in [5, 5.41) is 6.48. The van der Waals surface area contributed by atoms with Crippen molar-refractivity contribution >= 4 is 11.6 Å². The zero-order valence-corrected chi connectivity index (χ0v) is 10.6. The van der Waals surface area contributed by atoms with Crippen LogP contribution < -0.4 is 10.6 Å². The summed E-state index contributed by atoms with van der Waals surface area (Å²) in [5.41, 5.74) is 1.90. The second-order valence-electron chi connectivity index (χ2n) is 4.58. The molecule has 0 bridgehead atoms. The molecule has 2 N–H and O–H groups in total. The molecular weight excluding hydrogens is 240 g/mol. The van der Waals surface area contributed by atoms with E-state index in [4.69, 9.17) is 0 Å². The standard InChI is InChI=1S/C13H16N6/c1-4-14-5-2-10(1)12-3-6-17-13(19-12)18-11-7-15-9-16-8-11/h3,6-10,14H,1-2,4-5H2,(H,17,18,19). The molecule has 0 radical (unpaired) electrons. The normalized spacial score (nSPS) is 16.2. The van der Waals surface area contributed by atoms with Crippen LogP contribution in [0.25, 0.3) is 0 Å². The summed E-state index contributed by atoms with van der Waals surface area (Å²) >= 11 is 0. The van der Waals surface area contributed by atoms with Crippen LogP contribution in [-0.2, 0) is 0 Å². The topological polar surface area (TPSA) is 75.6 Å². The quantitative estimate of drug-likeness (QED) is 0.866.